The molecule has 0 bridgehead atoms. The van der Waals surface area contributed by atoms with Gasteiger partial charge in [0.15, 0.2) is 0 Å². The van der Waals surface area contributed by atoms with Gasteiger partial charge in [-0.25, -0.2) is 0 Å². The highest BCUT2D eigenvalue weighted by Crippen LogP contribution is 2.59. The zero-order valence-corrected chi connectivity index (χ0v) is 42.5. The second-order valence-electron chi connectivity index (χ2n) is 23.4. The van der Waals surface area contributed by atoms with Crippen LogP contribution in [0.5, 0.6) is 0 Å². The maximum absolute atomic E-state index is 2.54. The summed E-state index contributed by atoms with van der Waals surface area (Å²) in [5, 5.41) is 0. The number of benzene rings is 9. The van der Waals surface area contributed by atoms with E-state index in [1.807, 2.05) is 0 Å². The van der Waals surface area contributed by atoms with Crippen LogP contribution in [-0.4, -0.2) is 0 Å². The highest BCUT2D eigenvalue weighted by atomic mass is 15.1. The second kappa shape index (κ2) is 15.4. The van der Waals surface area contributed by atoms with Crippen molar-refractivity contribution in [3.8, 4) is 44.5 Å². The van der Waals surface area contributed by atoms with Gasteiger partial charge in [0.1, 0.15) is 0 Å². The average molecular weight is 906 g/mol. The Balaban J connectivity index is 1.09. The van der Waals surface area contributed by atoms with Crippen LogP contribution in [0.2, 0.25) is 0 Å². The first-order valence-electron chi connectivity index (χ1n) is 25.3. The van der Waals surface area contributed by atoms with E-state index in [1.54, 1.807) is 0 Å². The Morgan fingerprint density at radius 1 is 0.314 bits per heavy atom. The Hall–Kier alpha value is -7.22. The number of hydrogen-bond acceptors (Lipinski definition) is 1. The Morgan fingerprint density at radius 2 is 0.729 bits per heavy atom. The molecule has 3 aliphatic rings. The number of fused-ring (bicyclic) bond motifs is 9. The van der Waals surface area contributed by atoms with Crippen LogP contribution in [0.25, 0.3) is 44.5 Å². The second-order valence-corrected chi connectivity index (χ2v) is 23.4. The average Bonchev–Trinajstić information content (AvgIpc) is 3.88. The van der Waals surface area contributed by atoms with Crippen LogP contribution in [0.3, 0.4) is 0 Å². The lowest BCUT2D eigenvalue weighted by atomic mass is 9.66. The SMILES string of the molecule is CC(C)(C)c1cccc(C2(c3cccc(C(C)(C)C)c3)c3ccccc3-c3ccc(N(c4ccc(-c5cccc6c5C(C)(C)c5ccccc5-6)cc4)c4ccc5c(c4)C(C)(C)c4ccccc4-5)cc32)c1. The molecule has 0 atom stereocenters. The zero-order chi connectivity index (χ0) is 48.5. The zero-order valence-electron chi connectivity index (χ0n) is 42.5. The van der Waals surface area contributed by atoms with Crippen LogP contribution in [0, 0.1) is 0 Å². The number of anilines is 3. The maximum Gasteiger partial charge on any atom is 0.0714 e. The molecule has 0 heterocycles. The van der Waals surface area contributed by atoms with Crippen molar-refractivity contribution in [3.63, 3.8) is 0 Å². The van der Waals surface area contributed by atoms with Crippen LogP contribution < -0.4 is 4.90 Å². The smallest absolute Gasteiger partial charge is 0.0714 e. The van der Waals surface area contributed by atoms with Crippen LogP contribution >= 0.6 is 0 Å². The van der Waals surface area contributed by atoms with Crippen molar-refractivity contribution in [2.45, 2.75) is 96.3 Å². The fourth-order valence-electron chi connectivity index (χ4n) is 12.8. The number of hydrogen-bond donors (Lipinski definition) is 0. The van der Waals surface area contributed by atoms with Crippen molar-refractivity contribution in [2.24, 2.45) is 0 Å². The molecule has 1 heteroatoms. The quantitative estimate of drug-likeness (QED) is 0.161. The van der Waals surface area contributed by atoms with E-state index in [1.165, 1.54) is 100 Å². The van der Waals surface area contributed by atoms with Crippen LogP contribution in [0.4, 0.5) is 17.1 Å². The molecule has 0 aliphatic heterocycles. The fourth-order valence-corrected chi connectivity index (χ4v) is 12.8. The molecule has 0 N–H and O–H groups in total. The molecule has 0 saturated heterocycles. The van der Waals surface area contributed by atoms with E-state index in [-0.39, 0.29) is 21.7 Å². The predicted molar refractivity (Wildman–Crippen MR) is 296 cm³/mol. The van der Waals surface area contributed by atoms with Gasteiger partial charge in [-0.3, -0.25) is 0 Å². The van der Waals surface area contributed by atoms with Crippen LogP contribution in [0.15, 0.2) is 200 Å². The van der Waals surface area contributed by atoms with E-state index in [9.17, 15) is 0 Å². The van der Waals surface area contributed by atoms with Crippen molar-refractivity contribution >= 4 is 17.1 Å². The topological polar surface area (TPSA) is 3.24 Å². The first-order valence-corrected chi connectivity index (χ1v) is 25.3. The molecule has 0 amide bonds. The lowest BCUT2D eigenvalue weighted by Gasteiger charge is -2.37. The van der Waals surface area contributed by atoms with E-state index in [0.717, 1.165) is 17.1 Å². The Morgan fingerprint density at radius 3 is 1.30 bits per heavy atom. The van der Waals surface area contributed by atoms with Gasteiger partial charge in [-0.1, -0.05) is 233 Å². The summed E-state index contributed by atoms with van der Waals surface area (Å²) in [6.07, 6.45) is 0. The molecule has 12 rings (SSSR count). The summed E-state index contributed by atoms with van der Waals surface area (Å²) in [6, 6.07) is 76.8. The molecular formula is C69H63N. The van der Waals surface area contributed by atoms with E-state index < -0.39 is 5.41 Å². The van der Waals surface area contributed by atoms with Gasteiger partial charge < -0.3 is 4.90 Å². The minimum Gasteiger partial charge on any atom is -0.310 e. The molecule has 0 saturated carbocycles. The van der Waals surface area contributed by atoms with Crippen molar-refractivity contribution in [1.29, 1.82) is 0 Å². The number of rotatable bonds is 6. The van der Waals surface area contributed by atoms with E-state index in [0.29, 0.717) is 0 Å². The highest BCUT2D eigenvalue weighted by Gasteiger charge is 2.47. The van der Waals surface area contributed by atoms with Gasteiger partial charge >= 0.3 is 0 Å². The van der Waals surface area contributed by atoms with Crippen LogP contribution in [0.1, 0.15) is 125 Å². The monoisotopic (exact) mass is 905 g/mol. The molecule has 9 aromatic rings. The maximum atomic E-state index is 2.54. The highest BCUT2D eigenvalue weighted by molar-refractivity contribution is 5.92. The Kier molecular flexibility index (Phi) is 9.68. The molecule has 0 unspecified atom stereocenters. The van der Waals surface area contributed by atoms with E-state index in [4.69, 9.17) is 0 Å². The minimum atomic E-state index is -0.584. The van der Waals surface area contributed by atoms with Gasteiger partial charge in [-0.05, 0) is 147 Å². The Bertz CT molecular complexity index is 3510. The predicted octanol–water partition coefficient (Wildman–Crippen LogP) is 18.4. The van der Waals surface area contributed by atoms with Crippen molar-refractivity contribution in [2.75, 3.05) is 4.90 Å². The first kappa shape index (κ1) is 44.0. The van der Waals surface area contributed by atoms with Crippen molar-refractivity contribution in [1.82, 2.24) is 0 Å². The molecule has 9 aromatic carbocycles. The van der Waals surface area contributed by atoms with Crippen molar-refractivity contribution < 1.29 is 0 Å². The largest absolute Gasteiger partial charge is 0.310 e. The summed E-state index contributed by atoms with van der Waals surface area (Å²) in [6.45, 7) is 23.5. The van der Waals surface area contributed by atoms with Gasteiger partial charge in [0.2, 0.25) is 0 Å². The lowest BCUT2D eigenvalue weighted by molar-refractivity contribution is 0.585. The summed E-state index contributed by atoms with van der Waals surface area (Å²) < 4.78 is 0. The normalized spacial score (nSPS) is 15.3. The van der Waals surface area contributed by atoms with E-state index in [2.05, 4.69) is 274 Å². The molecule has 3 aliphatic carbocycles. The Labute approximate surface area is 416 Å². The van der Waals surface area contributed by atoms with Gasteiger partial charge in [0, 0.05) is 27.9 Å². The van der Waals surface area contributed by atoms with Gasteiger partial charge in [-0.15, -0.1) is 0 Å². The summed E-state index contributed by atoms with van der Waals surface area (Å²) in [5.74, 6) is 0. The van der Waals surface area contributed by atoms with Gasteiger partial charge in [-0.2, -0.15) is 0 Å². The molecule has 70 heavy (non-hydrogen) atoms. The minimum absolute atomic E-state index is 0.0310. The van der Waals surface area contributed by atoms with Gasteiger partial charge in [0.25, 0.3) is 0 Å². The summed E-state index contributed by atoms with van der Waals surface area (Å²) in [7, 11) is 0. The summed E-state index contributed by atoms with van der Waals surface area (Å²) in [5.41, 5.74) is 26.4. The standard InChI is InChI=1S/C69H63N/c1-65(2,3)45-20-17-22-47(40-45)69(48-23-18-21-46(41-48)66(4,5)6)61-31-16-13-25-54(61)57-39-37-51(43-63(57)69)70(50-36-38-56-53-24-11-14-29-59(53)67(7,8)62(56)42-50)49-34-32-44(33-35-49)52-27-19-28-58-55-26-12-15-30-60(55)68(9,10)64(52)58/h11-43H,1-10H3. The molecule has 344 valence electrons. The molecular weight excluding hydrogens is 843 g/mol. The fraction of sp³-hybridized carbons (Fsp3) is 0.217. The van der Waals surface area contributed by atoms with Gasteiger partial charge in [0.05, 0.1) is 5.41 Å². The molecule has 0 spiro atoms. The van der Waals surface area contributed by atoms with E-state index >= 15 is 0 Å². The molecule has 0 radical (unpaired) electrons. The third-order valence-corrected chi connectivity index (χ3v) is 16.5. The third kappa shape index (κ3) is 6.43. The summed E-state index contributed by atoms with van der Waals surface area (Å²) in [4.78, 5) is 2.52. The summed E-state index contributed by atoms with van der Waals surface area (Å²) >= 11 is 0. The van der Waals surface area contributed by atoms with Crippen LogP contribution in [-0.2, 0) is 27.1 Å². The number of nitrogens with zero attached hydrogens (tertiary/aromatic N) is 1. The molecule has 0 aromatic heterocycles. The third-order valence-electron chi connectivity index (χ3n) is 16.5. The first-order chi connectivity index (χ1) is 33.5. The molecule has 0 fully saturated rings. The lowest BCUT2D eigenvalue weighted by Crippen LogP contribution is -2.30. The molecule has 1 nitrogen and oxygen atoms in total. The van der Waals surface area contributed by atoms with Crippen molar-refractivity contribution in [3.05, 3.63) is 256 Å².